The average molecular weight is 181 g/mol. The van der Waals surface area contributed by atoms with E-state index >= 15 is 0 Å². The van der Waals surface area contributed by atoms with Crippen molar-refractivity contribution in [2.45, 2.75) is 25.7 Å². The molecule has 2 N–H and O–H groups in total. The van der Waals surface area contributed by atoms with Gasteiger partial charge in [-0.1, -0.05) is 0 Å². The highest BCUT2D eigenvalue weighted by atomic mass is 32.1. The van der Waals surface area contributed by atoms with Crippen LogP contribution in [0.3, 0.4) is 0 Å². The Kier molecular flexibility index (Phi) is 2.20. The summed E-state index contributed by atoms with van der Waals surface area (Å²) in [5.74, 6) is 0. The van der Waals surface area contributed by atoms with Gasteiger partial charge in [0.1, 0.15) is 0 Å². The molecule has 1 saturated carbocycles. The van der Waals surface area contributed by atoms with Crippen LogP contribution in [0.25, 0.3) is 0 Å². The minimum atomic E-state index is 0.544. The van der Waals surface area contributed by atoms with Gasteiger partial charge in [0.2, 0.25) is 0 Å². The summed E-state index contributed by atoms with van der Waals surface area (Å²) < 4.78 is 0. The van der Waals surface area contributed by atoms with Gasteiger partial charge in [-0.25, -0.2) is 0 Å². The zero-order valence-electron chi connectivity index (χ0n) is 7.25. The molecule has 0 saturated heterocycles. The van der Waals surface area contributed by atoms with Crippen LogP contribution in [0.15, 0.2) is 16.8 Å². The molecule has 1 aliphatic carbocycles. The van der Waals surface area contributed by atoms with Gasteiger partial charge in [-0.15, -0.1) is 0 Å². The van der Waals surface area contributed by atoms with E-state index in [1.54, 1.807) is 11.3 Å². The molecule has 0 atom stereocenters. The van der Waals surface area contributed by atoms with Crippen LogP contribution in [0.5, 0.6) is 0 Å². The second-order valence-corrected chi connectivity index (χ2v) is 4.62. The summed E-state index contributed by atoms with van der Waals surface area (Å²) in [6, 6.07) is 2.22. The monoisotopic (exact) mass is 181 g/mol. The van der Waals surface area contributed by atoms with E-state index in [0.29, 0.717) is 5.41 Å². The van der Waals surface area contributed by atoms with Gasteiger partial charge in [-0.3, -0.25) is 0 Å². The van der Waals surface area contributed by atoms with Crippen molar-refractivity contribution in [1.29, 1.82) is 0 Å². The summed E-state index contributed by atoms with van der Waals surface area (Å²) in [5, 5.41) is 4.39. The number of hydrogen-bond donors (Lipinski definition) is 1. The highest BCUT2D eigenvalue weighted by Gasteiger charge is 2.40. The minimum Gasteiger partial charge on any atom is -0.330 e. The Hall–Kier alpha value is -0.340. The zero-order chi connectivity index (χ0) is 8.44. The second-order valence-electron chi connectivity index (χ2n) is 3.84. The van der Waals surface area contributed by atoms with Crippen molar-refractivity contribution in [3.05, 3.63) is 22.4 Å². The summed E-state index contributed by atoms with van der Waals surface area (Å²) in [6.07, 6.45) is 5.22. The summed E-state index contributed by atoms with van der Waals surface area (Å²) in [5.41, 5.74) is 7.74. The third-order valence-corrected chi connectivity index (χ3v) is 3.65. The first kappa shape index (κ1) is 8.27. The molecule has 0 aromatic carbocycles. The fourth-order valence-electron chi connectivity index (χ4n) is 1.58. The Morgan fingerprint density at radius 3 is 2.83 bits per heavy atom. The maximum atomic E-state index is 5.71. The predicted octanol–water partition coefficient (Wildman–Crippen LogP) is 2.42. The maximum absolute atomic E-state index is 5.71. The van der Waals surface area contributed by atoms with Gasteiger partial charge in [0.15, 0.2) is 0 Å². The zero-order valence-corrected chi connectivity index (χ0v) is 8.07. The van der Waals surface area contributed by atoms with Crippen LogP contribution >= 0.6 is 11.3 Å². The van der Waals surface area contributed by atoms with Crippen molar-refractivity contribution in [3.63, 3.8) is 0 Å². The van der Waals surface area contributed by atoms with Gasteiger partial charge in [0.05, 0.1) is 0 Å². The molecule has 0 amide bonds. The van der Waals surface area contributed by atoms with Crippen LogP contribution < -0.4 is 5.73 Å². The lowest BCUT2D eigenvalue weighted by Gasteiger charge is -2.10. The second kappa shape index (κ2) is 3.19. The number of rotatable bonds is 4. The molecule has 0 aliphatic heterocycles. The molecule has 1 aromatic heterocycles. The van der Waals surface area contributed by atoms with Crippen molar-refractivity contribution < 1.29 is 0 Å². The van der Waals surface area contributed by atoms with Crippen LogP contribution in [0.1, 0.15) is 24.8 Å². The molecule has 0 radical (unpaired) electrons. The van der Waals surface area contributed by atoms with Crippen molar-refractivity contribution in [2.75, 3.05) is 6.54 Å². The van der Waals surface area contributed by atoms with Gasteiger partial charge < -0.3 is 5.73 Å². The lowest BCUT2D eigenvalue weighted by Crippen LogP contribution is -2.15. The fourth-order valence-corrected chi connectivity index (χ4v) is 2.28. The molecule has 1 nitrogen and oxygen atoms in total. The van der Waals surface area contributed by atoms with Gasteiger partial charge in [-0.05, 0) is 60.0 Å². The van der Waals surface area contributed by atoms with Crippen LogP contribution in [-0.2, 0) is 6.42 Å². The molecule has 0 spiro atoms. The van der Waals surface area contributed by atoms with Crippen LogP contribution in [-0.4, -0.2) is 6.54 Å². The van der Waals surface area contributed by atoms with Crippen LogP contribution in [0.2, 0.25) is 0 Å². The summed E-state index contributed by atoms with van der Waals surface area (Å²) in [7, 11) is 0. The Morgan fingerprint density at radius 2 is 2.33 bits per heavy atom. The largest absolute Gasteiger partial charge is 0.330 e. The SMILES string of the molecule is NCC1(CCc2ccsc2)CC1. The summed E-state index contributed by atoms with van der Waals surface area (Å²) in [4.78, 5) is 0. The molecule has 1 aromatic rings. The molecule has 1 heterocycles. The molecule has 0 bridgehead atoms. The Balaban J connectivity index is 1.83. The van der Waals surface area contributed by atoms with Crippen LogP contribution in [0.4, 0.5) is 0 Å². The smallest absolute Gasteiger partial charge is 0.00204 e. The highest BCUT2D eigenvalue weighted by molar-refractivity contribution is 7.07. The van der Waals surface area contributed by atoms with Crippen LogP contribution in [0, 0.1) is 5.41 Å². The molecule has 1 aliphatic rings. The van der Waals surface area contributed by atoms with E-state index in [2.05, 4.69) is 16.8 Å². The first-order valence-electron chi connectivity index (χ1n) is 4.56. The predicted molar refractivity (Wildman–Crippen MR) is 53.4 cm³/mol. The number of nitrogens with two attached hydrogens (primary N) is 1. The first-order valence-corrected chi connectivity index (χ1v) is 5.50. The van der Waals surface area contributed by atoms with Gasteiger partial charge in [0, 0.05) is 0 Å². The van der Waals surface area contributed by atoms with E-state index < -0.39 is 0 Å². The molecular formula is C10H15NS. The minimum absolute atomic E-state index is 0.544. The van der Waals surface area contributed by atoms with Crippen molar-refractivity contribution in [1.82, 2.24) is 0 Å². The third kappa shape index (κ3) is 1.70. The van der Waals surface area contributed by atoms with E-state index in [0.717, 1.165) is 6.54 Å². The molecule has 2 heteroatoms. The quantitative estimate of drug-likeness (QED) is 0.758. The molecule has 1 fully saturated rings. The standard InChI is InChI=1S/C10H15NS/c11-8-10(4-5-10)3-1-9-2-6-12-7-9/h2,6-7H,1,3-5,8,11H2. The topological polar surface area (TPSA) is 26.0 Å². The number of thiophene rings is 1. The van der Waals surface area contributed by atoms with E-state index in [9.17, 15) is 0 Å². The molecule has 12 heavy (non-hydrogen) atoms. The van der Waals surface area contributed by atoms with Crippen molar-refractivity contribution in [3.8, 4) is 0 Å². The molecule has 2 rings (SSSR count). The van der Waals surface area contributed by atoms with E-state index in [-0.39, 0.29) is 0 Å². The highest BCUT2D eigenvalue weighted by Crippen LogP contribution is 2.48. The van der Waals surface area contributed by atoms with E-state index in [4.69, 9.17) is 5.73 Å². The normalized spacial score (nSPS) is 19.4. The van der Waals surface area contributed by atoms with Gasteiger partial charge in [-0.2, -0.15) is 11.3 Å². The average Bonchev–Trinajstić information content (AvgIpc) is 2.70. The fraction of sp³-hybridized carbons (Fsp3) is 0.600. The summed E-state index contributed by atoms with van der Waals surface area (Å²) in [6.45, 7) is 0.886. The van der Waals surface area contributed by atoms with E-state index in [1.807, 2.05) is 0 Å². The molecule has 0 unspecified atom stereocenters. The third-order valence-electron chi connectivity index (χ3n) is 2.91. The Labute approximate surface area is 77.6 Å². The lowest BCUT2D eigenvalue weighted by molar-refractivity contribution is 0.479. The summed E-state index contributed by atoms with van der Waals surface area (Å²) >= 11 is 1.79. The number of hydrogen-bond acceptors (Lipinski definition) is 2. The van der Waals surface area contributed by atoms with Gasteiger partial charge in [0.25, 0.3) is 0 Å². The van der Waals surface area contributed by atoms with Crippen molar-refractivity contribution in [2.24, 2.45) is 11.1 Å². The molecular weight excluding hydrogens is 166 g/mol. The maximum Gasteiger partial charge on any atom is -0.00204 e. The number of aryl methyl sites for hydroxylation is 1. The Bertz CT molecular complexity index is 236. The van der Waals surface area contributed by atoms with Crippen molar-refractivity contribution >= 4 is 11.3 Å². The Morgan fingerprint density at radius 1 is 1.50 bits per heavy atom. The lowest BCUT2D eigenvalue weighted by atomic mass is 9.98. The van der Waals surface area contributed by atoms with E-state index in [1.165, 1.54) is 31.2 Å². The molecule has 66 valence electrons. The van der Waals surface area contributed by atoms with Gasteiger partial charge >= 0.3 is 0 Å². The first-order chi connectivity index (χ1) is 5.85.